The molecule has 2 rings (SSSR count). The maximum atomic E-state index is 12.1. The summed E-state index contributed by atoms with van der Waals surface area (Å²) >= 11 is 0. The molecule has 0 spiro atoms. The van der Waals surface area contributed by atoms with Gasteiger partial charge in [-0.2, -0.15) is 0 Å². The van der Waals surface area contributed by atoms with Gasteiger partial charge in [-0.15, -0.1) is 0 Å². The molecule has 1 heterocycles. The Morgan fingerprint density at radius 3 is 2.56 bits per heavy atom. The molecule has 1 aliphatic heterocycles. The molecule has 2 unspecified atom stereocenters. The first kappa shape index (κ1) is 13.8. The lowest BCUT2D eigenvalue weighted by atomic mass is 9.91. The summed E-state index contributed by atoms with van der Waals surface area (Å²) in [4.78, 5) is 16.3. The van der Waals surface area contributed by atoms with E-state index in [1.807, 2.05) is 7.05 Å². The molecule has 104 valence electrons. The van der Waals surface area contributed by atoms with Gasteiger partial charge in [0, 0.05) is 20.0 Å². The third-order valence-corrected chi connectivity index (χ3v) is 4.43. The highest BCUT2D eigenvalue weighted by molar-refractivity contribution is 5.76. The van der Waals surface area contributed by atoms with Crippen molar-refractivity contribution in [3.8, 4) is 0 Å². The topological polar surface area (TPSA) is 43.8 Å². The van der Waals surface area contributed by atoms with Gasteiger partial charge in [0.15, 0.2) is 0 Å². The summed E-state index contributed by atoms with van der Waals surface area (Å²) in [5.41, 5.74) is 0. The number of rotatable bonds is 4. The van der Waals surface area contributed by atoms with Crippen LogP contribution in [0.3, 0.4) is 0 Å². The third kappa shape index (κ3) is 3.45. The Hall–Kier alpha value is -0.610. The van der Waals surface area contributed by atoms with Gasteiger partial charge >= 0.3 is 0 Å². The highest BCUT2D eigenvalue weighted by Gasteiger charge is 2.29. The van der Waals surface area contributed by atoms with Crippen LogP contribution in [0.4, 0.5) is 0 Å². The number of hydrogen-bond donors (Lipinski definition) is 1. The summed E-state index contributed by atoms with van der Waals surface area (Å²) in [5, 5.41) is 9.96. The largest absolute Gasteiger partial charge is 0.391 e. The van der Waals surface area contributed by atoms with Crippen molar-refractivity contribution in [2.24, 2.45) is 0 Å². The van der Waals surface area contributed by atoms with E-state index in [1.54, 1.807) is 4.90 Å². The minimum absolute atomic E-state index is 0.0461. The van der Waals surface area contributed by atoms with E-state index in [0.717, 1.165) is 45.3 Å². The molecule has 1 saturated heterocycles. The molecule has 1 saturated carbocycles. The van der Waals surface area contributed by atoms with E-state index in [-0.39, 0.29) is 18.1 Å². The van der Waals surface area contributed by atoms with Crippen molar-refractivity contribution < 1.29 is 9.90 Å². The fourth-order valence-corrected chi connectivity index (χ4v) is 3.16. The predicted octanol–water partition coefficient (Wildman–Crippen LogP) is 1.23. The van der Waals surface area contributed by atoms with Crippen LogP contribution in [0.15, 0.2) is 0 Å². The van der Waals surface area contributed by atoms with Crippen LogP contribution in [0.5, 0.6) is 0 Å². The first-order valence-electron chi connectivity index (χ1n) is 7.34. The molecule has 0 radical (unpaired) electrons. The lowest BCUT2D eigenvalue weighted by Crippen LogP contribution is -2.46. The molecule has 1 aliphatic carbocycles. The third-order valence-electron chi connectivity index (χ3n) is 4.43. The van der Waals surface area contributed by atoms with Crippen LogP contribution in [-0.4, -0.2) is 59.6 Å². The SMILES string of the molecule is CN(C(=O)CCN1CCCC1)C1CCCCC1O. The van der Waals surface area contributed by atoms with Gasteiger partial charge in [-0.25, -0.2) is 0 Å². The Bertz CT molecular complexity index is 277. The van der Waals surface area contributed by atoms with Crippen LogP contribution in [0.2, 0.25) is 0 Å². The Morgan fingerprint density at radius 1 is 1.22 bits per heavy atom. The number of carbonyl (C=O) groups is 1. The molecule has 4 nitrogen and oxygen atoms in total. The lowest BCUT2D eigenvalue weighted by Gasteiger charge is -2.35. The van der Waals surface area contributed by atoms with E-state index in [9.17, 15) is 9.90 Å². The quantitative estimate of drug-likeness (QED) is 0.821. The van der Waals surface area contributed by atoms with Crippen LogP contribution in [0, 0.1) is 0 Å². The van der Waals surface area contributed by atoms with Crippen LogP contribution >= 0.6 is 0 Å². The Labute approximate surface area is 110 Å². The van der Waals surface area contributed by atoms with Crippen molar-refractivity contribution in [3.05, 3.63) is 0 Å². The van der Waals surface area contributed by atoms with E-state index < -0.39 is 0 Å². The lowest BCUT2D eigenvalue weighted by molar-refractivity contribution is -0.135. The monoisotopic (exact) mass is 254 g/mol. The second kappa shape index (κ2) is 6.53. The number of amides is 1. The van der Waals surface area contributed by atoms with E-state index in [0.29, 0.717) is 6.42 Å². The van der Waals surface area contributed by atoms with Gasteiger partial charge < -0.3 is 14.9 Å². The van der Waals surface area contributed by atoms with E-state index in [1.165, 1.54) is 12.8 Å². The summed E-state index contributed by atoms with van der Waals surface area (Å²) in [5.74, 6) is 0.188. The first-order valence-corrected chi connectivity index (χ1v) is 7.34. The van der Waals surface area contributed by atoms with E-state index in [4.69, 9.17) is 0 Å². The molecule has 0 bridgehead atoms. The van der Waals surface area contributed by atoms with Gasteiger partial charge in [0.2, 0.25) is 5.91 Å². The van der Waals surface area contributed by atoms with Gasteiger partial charge in [-0.1, -0.05) is 12.8 Å². The Balaban J connectivity index is 1.76. The zero-order valence-electron chi connectivity index (χ0n) is 11.5. The molecule has 2 atom stereocenters. The van der Waals surface area contributed by atoms with Crippen molar-refractivity contribution in [3.63, 3.8) is 0 Å². The molecule has 0 aromatic carbocycles. The average Bonchev–Trinajstić information content (AvgIpc) is 2.89. The van der Waals surface area contributed by atoms with E-state index >= 15 is 0 Å². The number of carbonyl (C=O) groups excluding carboxylic acids is 1. The van der Waals surface area contributed by atoms with Crippen LogP contribution in [0.1, 0.15) is 44.9 Å². The minimum Gasteiger partial charge on any atom is -0.391 e. The second-order valence-corrected chi connectivity index (χ2v) is 5.72. The van der Waals surface area contributed by atoms with Crippen LogP contribution in [0.25, 0.3) is 0 Å². The standard InChI is InChI=1S/C14H26N2O2/c1-15(12-6-2-3-7-13(12)17)14(18)8-11-16-9-4-5-10-16/h12-13,17H,2-11H2,1H3. The highest BCUT2D eigenvalue weighted by Crippen LogP contribution is 2.22. The van der Waals surface area contributed by atoms with Crippen molar-refractivity contribution in [2.45, 2.75) is 57.1 Å². The molecule has 2 fully saturated rings. The maximum Gasteiger partial charge on any atom is 0.223 e. The zero-order valence-corrected chi connectivity index (χ0v) is 11.5. The number of likely N-dealkylation sites (tertiary alicyclic amines) is 1. The second-order valence-electron chi connectivity index (χ2n) is 5.72. The molecule has 0 aromatic heterocycles. The molecule has 4 heteroatoms. The Kier molecular flexibility index (Phi) is 5.01. The summed E-state index contributed by atoms with van der Waals surface area (Å²) in [6.07, 6.45) is 6.83. The fourth-order valence-electron chi connectivity index (χ4n) is 3.16. The normalized spacial score (nSPS) is 29.4. The molecule has 1 amide bonds. The average molecular weight is 254 g/mol. The van der Waals surface area contributed by atoms with Crippen molar-refractivity contribution in [2.75, 3.05) is 26.7 Å². The number of hydrogen-bond acceptors (Lipinski definition) is 3. The van der Waals surface area contributed by atoms with Gasteiger partial charge in [0.25, 0.3) is 0 Å². The van der Waals surface area contributed by atoms with Crippen molar-refractivity contribution in [1.29, 1.82) is 0 Å². The predicted molar refractivity (Wildman–Crippen MR) is 71.3 cm³/mol. The number of nitrogens with zero attached hydrogens (tertiary/aromatic N) is 2. The van der Waals surface area contributed by atoms with Crippen LogP contribution in [-0.2, 0) is 4.79 Å². The minimum atomic E-state index is -0.320. The highest BCUT2D eigenvalue weighted by atomic mass is 16.3. The van der Waals surface area contributed by atoms with Gasteiger partial charge in [0.05, 0.1) is 12.1 Å². The maximum absolute atomic E-state index is 12.1. The molecule has 1 N–H and O–H groups in total. The summed E-state index contributed by atoms with van der Waals surface area (Å²) < 4.78 is 0. The first-order chi connectivity index (χ1) is 8.68. The van der Waals surface area contributed by atoms with Gasteiger partial charge in [-0.3, -0.25) is 4.79 Å². The summed E-state index contributed by atoms with van der Waals surface area (Å²) in [6, 6.07) is 0.0461. The molecule has 18 heavy (non-hydrogen) atoms. The molecule has 0 aromatic rings. The molecule has 2 aliphatic rings. The zero-order chi connectivity index (χ0) is 13.0. The van der Waals surface area contributed by atoms with Gasteiger partial charge in [-0.05, 0) is 38.8 Å². The number of aliphatic hydroxyl groups is 1. The number of likely N-dealkylation sites (N-methyl/N-ethyl adjacent to an activating group) is 1. The van der Waals surface area contributed by atoms with E-state index in [2.05, 4.69) is 4.90 Å². The number of aliphatic hydroxyl groups excluding tert-OH is 1. The smallest absolute Gasteiger partial charge is 0.223 e. The van der Waals surface area contributed by atoms with Crippen molar-refractivity contribution >= 4 is 5.91 Å². The molecular weight excluding hydrogens is 228 g/mol. The molecular formula is C14H26N2O2. The van der Waals surface area contributed by atoms with Crippen molar-refractivity contribution in [1.82, 2.24) is 9.80 Å². The van der Waals surface area contributed by atoms with Crippen LogP contribution < -0.4 is 0 Å². The Morgan fingerprint density at radius 2 is 1.89 bits per heavy atom. The fraction of sp³-hybridized carbons (Fsp3) is 0.929. The van der Waals surface area contributed by atoms with Gasteiger partial charge in [0.1, 0.15) is 0 Å². The summed E-state index contributed by atoms with van der Waals surface area (Å²) in [7, 11) is 1.85. The summed E-state index contributed by atoms with van der Waals surface area (Å²) in [6.45, 7) is 3.16.